The molecule has 3 rings (SSSR count). The van der Waals surface area contributed by atoms with Crippen molar-refractivity contribution >= 4 is 23.3 Å². The van der Waals surface area contributed by atoms with Crippen LogP contribution in [-0.4, -0.2) is 44.1 Å². The van der Waals surface area contributed by atoms with E-state index in [1.165, 1.54) is 13.2 Å². The van der Waals surface area contributed by atoms with Crippen molar-refractivity contribution in [2.45, 2.75) is 6.18 Å². The first-order valence-corrected chi connectivity index (χ1v) is 8.64. The molecule has 0 aliphatic carbocycles. The van der Waals surface area contributed by atoms with E-state index in [4.69, 9.17) is 16.3 Å². The van der Waals surface area contributed by atoms with Crippen molar-refractivity contribution in [2.75, 3.05) is 38.2 Å². The van der Waals surface area contributed by atoms with Gasteiger partial charge in [0.25, 0.3) is 11.7 Å². The number of rotatable bonds is 3. The number of carbonyl (C=O) groups excluding carboxylic acids is 1. The Morgan fingerprint density at radius 2 is 1.85 bits per heavy atom. The molecule has 0 unspecified atom stereocenters. The molecule has 1 aliphatic heterocycles. The number of aromatic nitrogens is 1. The summed E-state index contributed by atoms with van der Waals surface area (Å²) >= 11 is 5.99. The van der Waals surface area contributed by atoms with Crippen LogP contribution in [-0.2, 0) is 6.18 Å². The van der Waals surface area contributed by atoms with Crippen molar-refractivity contribution in [1.29, 1.82) is 0 Å². The van der Waals surface area contributed by atoms with E-state index < -0.39 is 11.7 Å². The molecule has 9 heteroatoms. The maximum atomic E-state index is 12.8. The van der Waals surface area contributed by atoms with E-state index in [0.717, 1.165) is 12.3 Å². The molecule has 27 heavy (non-hydrogen) atoms. The van der Waals surface area contributed by atoms with Crippen LogP contribution in [0.5, 0.6) is 5.75 Å². The first-order valence-electron chi connectivity index (χ1n) is 8.26. The third-order valence-electron chi connectivity index (χ3n) is 4.42. The molecule has 1 fully saturated rings. The second-order valence-corrected chi connectivity index (χ2v) is 6.52. The van der Waals surface area contributed by atoms with Crippen molar-refractivity contribution in [1.82, 2.24) is 4.90 Å². The SMILES string of the molecule is COc1ccc(Cl)cc1C(=O)N1CCN(c2ccc(C(F)(F)F)c[nH+]2)CC1. The van der Waals surface area contributed by atoms with E-state index in [1.54, 1.807) is 23.1 Å². The normalized spacial score (nSPS) is 15.0. The lowest BCUT2D eigenvalue weighted by Crippen LogP contribution is -2.50. The van der Waals surface area contributed by atoms with Gasteiger partial charge >= 0.3 is 6.18 Å². The number of H-pyrrole nitrogens is 1. The smallest absolute Gasteiger partial charge is 0.419 e. The van der Waals surface area contributed by atoms with E-state index in [2.05, 4.69) is 4.98 Å². The number of anilines is 1. The van der Waals surface area contributed by atoms with Gasteiger partial charge in [0, 0.05) is 11.1 Å². The lowest BCUT2D eigenvalue weighted by atomic mass is 10.1. The molecule has 1 aliphatic rings. The van der Waals surface area contributed by atoms with Crippen LogP contribution in [0.3, 0.4) is 0 Å². The average molecular weight is 401 g/mol. The summed E-state index contributed by atoms with van der Waals surface area (Å²) in [5, 5.41) is 0.442. The summed E-state index contributed by atoms with van der Waals surface area (Å²) < 4.78 is 43.2. The zero-order chi connectivity index (χ0) is 19.6. The minimum Gasteiger partial charge on any atom is -0.496 e. The maximum absolute atomic E-state index is 12.8. The first kappa shape index (κ1) is 19.3. The summed E-state index contributed by atoms with van der Waals surface area (Å²) in [5.41, 5.74) is -0.340. The Kier molecular flexibility index (Phi) is 5.46. The van der Waals surface area contributed by atoms with E-state index in [-0.39, 0.29) is 5.91 Å². The molecule has 2 aromatic rings. The predicted octanol–water partition coefficient (Wildman–Crippen LogP) is 3.14. The van der Waals surface area contributed by atoms with Crippen LogP contribution in [0.4, 0.5) is 19.0 Å². The predicted molar refractivity (Wildman–Crippen MR) is 94.1 cm³/mol. The van der Waals surface area contributed by atoms with E-state index in [0.29, 0.717) is 48.3 Å². The molecule has 1 amide bonds. The molecular weight excluding hydrogens is 383 g/mol. The van der Waals surface area contributed by atoms with Crippen molar-refractivity contribution in [3.8, 4) is 5.75 Å². The lowest BCUT2D eigenvalue weighted by Gasteiger charge is -2.31. The van der Waals surface area contributed by atoms with Gasteiger partial charge in [0.05, 0.1) is 31.3 Å². The van der Waals surface area contributed by atoms with Gasteiger partial charge in [-0.1, -0.05) is 11.6 Å². The zero-order valence-electron chi connectivity index (χ0n) is 14.5. The number of ether oxygens (including phenoxy) is 1. The van der Waals surface area contributed by atoms with Crippen LogP contribution in [0.1, 0.15) is 15.9 Å². The highest BCUT2D eigenvalue weighted by atomic mass is 35.5. The van der Waals surface area contributed by atoms with Crippen LogP contribution in [0.25, 0.3) is 0 Å². The Labute approximate surface area is 159 Å². The highest BCUT2D eigenvalue weighted by Crippen LogP contribution is 2.29. The van der Waals surface area contributed by atoms with E-state index in [1.807, 2.05) is 4.90 Å². The van der Waals surface area contributed by atoms with Gasteiger partial charge in [0.1, 0.15) is 25.0 Å². The molecule has 0 bridgehead atoms. The minimum atomic E-state index is -4.38. The standard InChI is InChI=1S/C18H17ClF3N3O2/c1-27-15-4-3-13(19)10-14(15)17(26)25-8-6-24(7-9-25)16-5-2-12(11-23-16)18(20,21)22/h2-5,10-11H,6-9H2,1H3/p+1. The summed E-state index contributed by atoms with van der Waals surface area (Å²) in [6.07, 6.45) is -3.43. The molecule has 0 atom stereocenters. The van der Waals surface area contributed by atoms with Crippen molar-refractivity contribution in [3.05, 3.63) is 52.7 Å². The molecule has 5 nitrogen and oxygen atoms in total. The lowest BCUT2D eigenvalue weighted by molar-refractivity contribution is -0.367. The number of pyridine rings is 1. The molecule has 0 radical (unpaired) electrons. The van der Waals surface area contributed by atoms with Crippen LogP contribution in [0.15, 0.2) is 36.5 Å². The number of nitrogens with one attached hydrogen (secondary N) is 1. The van der Waals surface area contributed by atoms with Crippen LogP contribution < -0.4 is 14.6 Å². The van der Waals surface area contributed by atoms with Crippen LogP contribution in [0.2, 0.25) is 5.02 Å². The summed E-state index contributed by atoms with van der Waals surface area (Å²) in [4.78, 5) is 19.0. The summed E-state index contributed by atoms with van der Waals surface area (Å²) in [7, 11) is 1.48. The molecule has 1 saturated heterocycles. The maximum Gasteiger partial charge on any atom is 0.419 e. The number of benzene rings is 1. The Bertz CT molecular complexity index is 820. The number of hydrogen-bond donors (Lipinski definition) is 0. The van der Waals surface area contributed by atoms with Crippen LogP contribution >= 0.6 is 11.6 Å². The summed E-state index contributed by atoms with van der Waals surface area (Å²) in [5.74, 6) is 0.837. The number of piperazine rings is 1. The molecular formula is C18H18ClF3N3O2+. The number of aromatic amines is 1. The fourth-order valence-corrected chi connectivity index (χ4v) is 3.13. The second kappa shape index (κ2) is 7.64. The van der Waals surface area contributed by atoms with E-state index in [9.17, 15) is 18.0 Å². The van der Waals surface area contributed by atoms with Gasteiger partial charge in [-0.15, -0.1) is 0 Å². The number of halogens is 4. The summed E-state index contributed by atoms with van der Waals surface area (Å²) in [6.45, 7) is 1.86. The molecule has 0 spiro atoms. The Morgan fingerprint density at radius 3 is 2.41 bits per heavy atom. The van der Waals surface area contributed by atoms with Crippen molar-refractivity contribution in [3.63, 3.8) is 0 Å². The number of hydrogen-bond acceptors (Lipinski definition) is 3. The number of methoxy groups -OCH3 is 1. The molecule has 144 valence electrons. The van der Waals surface area contributed by atoms with E-state index >= 15 is 0 Å². The van der Waals surface area contributed by atoms with Gasteiger partial charge in [-0.05, 0) is 24.3 Å². The largest absolute Gasteiger partial charge is 0.496 e. The fraction of sp³-hybridized carbons (Fsp3) is 0.333. The van der Waals surface area contributed by atoms with Crippen LogP contribution in [0, 0.1) is 0 Å². The van der Waals surface area contributed by atoms with Crippen molar-refractivity contribution in [2.24, 2.45) is 0 Å². The molecule has 0 saturated carbocycles. The Morgan fingerprint density at radius 1 is 1.15 bits per heavy atom. The molecule has 1 N–H and O–H groups in total. The average Bonchev–Trinajstić information content (AvgIpc) is 2.67. The number of carbonyl (C=O) groups is 1. The van der Waals surface area contributed by atoms with Gasteiger partial charge in [0.2, 0.25) is 0 Å². The van der Waals surface area contributed by atoms with Gasteiger partial charge in [-0.2, -0.15) is 13.2 Å². The quantitative estimate of drug-likeness (QED) is 0.795. The minimum absolute atomic E-state index is 0.189. The summed E-state index contributed by atoms with van der Waals surface area (Å²) in [6, 6.07) is 7.30. The van der Waals surface area contributed by atoms with Gasteiger partial charge in [-0.25, -0.2) is 4.98 Å². The molecule has 1 aromatic heterocycles. The third kappa shape index (κ3) is 4.27. The zero-order valence-corrected chi connectivity index (χ0v) is 15.3. The van der Waals surface area contributed by atoms with Crippen molar-refractivity contribution < 1.29 is 27.7 Å². The Balaban J connectivity index is 1.67. The fourth-order valence-electron chi connectivity index (χ4n) is 2.96. The van der Waals surface area contributed by atoms with Gasteiger partial charge in [-0.3, -0.25) is 9.69 Å². The number of nitrogens with zero attached hydrogens (tertiary/aromatic N) is 2. The first-order chi connectivity index (χ1) is 12.8. The molecule has 1 aromatic carbocycles. The molecule has 2 heterocycles. The second-order valence-electron chi connectivity index (χ2n) is 6.08. The topological polar surface area (TPSA) is 46.9 Å². The highest BCUT2D eigenvalue weighted by Gasteiger charge is 2.33. The van der Waals surface area contributed by atoms with Gasteiger partial charge in [0.15, 0.2) is 0 Å². The number of amides is 1. The van der Waals surface area contributed by atoms with Gasteiger partial charge < -0.3 is 9.64 Å². The highest BCUT2D eigenvalue weighted by molar-refractivity contribution is 6.31. The Hall–Kier alpha value is -2.48. The monoisotopic (exact) mass is 400 g/mol. The third-order valence-corrected chi connectivity index (χ3v) is 4.66. The number of alkyl halides is 3.